The highest BCUT2D eigenvalue weighted by Crippen LogP contribution is 2.44. The molecule has 14 heteroatoms. The summed E-state index contributed by atoms with van der Waals surface area (Å²) in [5, 5.41) is 3.22. The lowest BCUT2D eigenvalue weighted by atomic mass is 9.85. The molecule has 2 aliphatic heterocycles. The Morgan fingerprint density at radius 3 is 1.15 bits per heavy atom. The van der Waals surface area contributed by atoms with Crippen molar-refractivity contribution in [1.29, 1.82) is 0 Å². The summed E-state index contributed by atoms with van der Waals surface area (Å²) in [6, 6.07) is 0. The standard InChI is InChI=1S/C20H4F8N2O4/c21-11-8(4-2-6(32)30-20(4)34)7(3-1-5(31)29-19(3)33)9(12(22)15(11)25)10-13(23)16(26)18(28)17(27)14(10)24/h1-2H,(H,29,31,33)(H,30,32,34). The summed E-state index contributed by atoms with van der Waals surface area (Å²) < 4.78 is 115. The second-order valence-electron chi connectivity index (χ2n) is 6.76. The molecule has 0 radical (unpaired) electrons. The molecule has 0 fully saturated rings. The van der Waals surface area contributed by atoms with Crippen LogP contribution in [-0.2, 0) is 19.2 Å². The largest absolute Gasteiger partial charge is 0.289 e. The molecule has 2 N–H and O–H groups in total. The SMILES string of the molecule is O=C1C=C(c2c(F)c(F)c(F)c(-c3c(F)c(F)c(F)c(F)c3F)c2C2=CC(=O)NC2=O)C(=O)N1. The zero-order valence-electron chi connectivity index (χ0n) is 15.8. The molecule has 2 aliphatic rings. The number of hydrogen-bond donors (Lipinski definition) is 2. The normalized spacial score (nSPS) is 15.5. The van der Waals surface area contributed by atoms with Crippen LogP contribution in [0.1, 0.15) is 11.1 Å². The van der Waals surface area contributed by atoms with Crippen molar-refractivity contribution in [1.82, 2.24) is 10.6 Å². The molecule has 2 heterocycles. The van der Waals surface area contributed by atoms with Gasteiger partial charge in [0.15, 0.2) is 40.7 Å². The van der Waals surface area contributed by atoms with Gasteiger partial charge in [-0.2, -0.15) is 0 Å². The Morgan fingerprint density at radius 1 is 0.412 bits per heavy atom. The molecule has 0 spiro atoms. The predicted octanol–water partition coefficient (Wildman–Crippen LogP) is 2.55. The minimum Gasteiger partial charge on any atom is -0.289 e. The van der Waals surface area contributed by atoms with E-state index in [1.54, 1.807) is 10.6 Å². The Balaban J connectivity index is 2.28. The molecule has 0 bridgehead atoms. The third-order valence-corrected chi connectivity index (χ3v) is 4.84. The van der Waals surface area contributed by atoms with E-state index in [1.807, 2.05) is 0 Å². The van der Waals surface area contributed by atoms with Gasteiger partial charge in [0.05, 0.1) is 16.7 Å². The molecule has 2 aromatic carbocycles. The maximum Gasteiger partial charge on any atom is 0.259 e. The van der Waals surface area contributed by atoms with E-state index in [0.717, 1.165) is 0 Å². The lowest BCUT2D eigenvalue weighted by Gasteiger charge is -2.19. The average molecular weight is 488 g/mol. The van der Waals surface area contributed by atoms with E-state index in [4.69, 9.17) is 0 Å². The third-order valence-electron chi connectivity index (χ3n) is 4.84. The Hall–Kier alpha value is -4.36. The maximum absolute atomic E-state index is 14.9. The van der Waals surface area contributed by atoms with Gasteiger partial charge in [0.1, 0.15) is 0 Å². The lowest BCUT2D eigenvalue weighted by molar-refractivity contribution is -0.124. The molecule has 4 rings (SSSR count). The van der Waals surface area contributed by atoms with Gasteiger partial charge in [-0.25, -0.2) is 35.1 Å². The first-order chi connectivity index (χ1) is 15.9. The maximum atomic E-state index is 14.9. The van der Waals surface area contributed by atoms with Crippen molar-refractivity contribution >= 4 is 34.8 Å². The van der Waals surface area contributed by atoms with Gasteiger partial charge < -0.3 is 0 Å². The van der Waals surface area contributed by atoms with E-state index in [-0.39, 0.29) is 0 Å². The predicted molar refractivity (Wildman–Crippen MR) is 93.8 cm³/mol. The molecule has 4 amide bonds. The van der Waals surface area contributed by atoms with Crippen LogP contribution in [-0.4, -0.2) is 23.6 Å². The van der Waals surface area contributed by atoms with Crippen molar-refractivity contribution < 1.29 is 54.3 Å². The fraction of sp³-hybridized carbons (Fsp3) is 0. The summed E-state index contributed by atoms with van der Waals surface area (Å²) in [4.78, 5) is 47.5. The summed E-state index contributed by atoms with van der Waals surface area (Å²) in [5.41, 5.74) is -9.07. The molecule has 0 unspecified atom stereocenters. The van der Waals surface area contributed by atoms with Crippen molar-refractivity contribution in [3.8, 4) is 11.1 Å². The number of carbonyl (C=O) groups is 4. The van der Waals surface area contributed by atoms with Crippen LogP contribution in [0, 0.1) is 46.5 Å². The summed E-state index contributed by atoms with van der Waals surface area (Å²) in [6.07, 6.45) is 0.669. The van der Waals surface area contributed by atoms with Crippen LogP contribution < -0.4 is 10.6 Å². The number of hydrogen-bond acceptors (Lipinski definition) is 4. The van der Waals surface area contributed by atoms with Gasteiger partial charge >= 0.3 is 0 Å². The first-order valence-electron chi connectivity index (χ1n) is 8.73. The van der Waals surface area contributed by atoms with Crippen molar-refractivity contribution in [3.05, 3.63) is 69.8 Å². The quantitative estimate of drug-likeness (QED) is 0.301. The van der Waals surface area contributed by atoms with Gasteiger partial charge in [-0.1, -0.05) is 0 Å². The highest BCUT2D eigenvalue weighted by molar-refractivity contribution is 6.38. The Labute approximate surface area is 181 Å². The smallest absolute Gasteiger partial charge is 0.259 e. The Kier molecular flexibility index (Phi) is 5.10. The summed E-state index contributed by atoms with van der Waals surface area (Å²) in [7, 11) is 0. The van der Waals surface area contributed by atoms with Gasteiger partial charge in [-0.15, -0.1) is 0 Å². The van der Waals surface area contributed by atoms with Crippen LogP contribution in [0.3, 0.4) is 0 Å². The Bertz CT molecular complexity index is 1430. The Morgan fingerprint density at radius 2 is 0.735 bits per heavy atom. The lowest BCUT2D eigenvalue weighted by Crippen LogP contribution is -2.24. The fourth-order valence-corrected chi connectivity index (χ4v) is 3.44. The van der Waals surface area contributed by atoms with Crippen molar-refractivity contribution in [2.45, 2.75) is 0 Å². The second kappa shape index (κ2) is 7.60. The minimum absolute atomic E-state index is 0.322. The minimum atomic E-state index is -2.68. The van der Waals surface area contributed by atoms with Crippen LogP contribution in [0.15, 0.2) is 12.2 Å². The summed E-state index contributed by atoms with van der Waals surface area (Å²) >= 11 is 0. The number of imide groups is 2. The molecule has 0 aromatic heterocycles. The number of amides is 4. The zero-order valence-corrected chi connectivity index (χ0v) is 15.8. The number of nitrogens with one attached hydrogen (secondary N) is 2. The number of carbonyl (C=O) groups excluding carboxylic acids is 4. The topological polar surface area (TPSA) is 92.3 Å². The first-order valence-corrected chi connectivity index (χ1v) is 8.73. The third kappa shape index (κ3) is 3.09. The average Bonchev–Trinajstić information content (AvgIpc) is 3.29. The number of halogens is 8. The molecule has 0 aliphatic carbocycles. The van der Waals surface area contributed by atoms with Gasteiger partial charge in [0.2, 0.25) is 5.82 Å². The van der Waals surface area contributed by atoms with Gasteiger partial charge in [-0.05, 0) is 0 Å². The molecule has 6 nitrogen and oxygen atoms in total. The zero-order chi connectivity index (χ0) is 25.2. The van der Waals surface area contributed by atoms with E-state index in [0.29, 0.717) is 12.2 Å². The van der Waals surface area contributed by atoms with Gasteiger partial charge in [0.25, 0.3) is 23.6 Å². The van der Waals surface area contributed by atoms with Crippen LogP contribution >= 0.6 is 0 Å². The van der Waals surface area contributed by atoms with Gasteiger partial charge in [0, 0.05) is 28.8 Å². The van der Waals surface area contributed by atoms with Crippen LogP contribution in [0.4, 0.5) is 35.1 Å². The van der Waals surface area contributed by atoms with E-state index in [1.165, 1.54) is 0 Å². The van der Waals surface area contributed by atoms with E-state index < -0.39 is 104 Å². The molecule has 174 valence electrons. The summed E-state index contributed by atoms with van der Waals surface area (Å²) in [6.45, 7) is 0. The van der Waals surface area contributed by atoms with E-state index in [9.17, 15) is 54.3 Å². The highest BCUT2D eigenvalue weighted by Gasteiger charge is 2.40. The van der Waals surface area contributed by atoms with E-state index >= 15 is 0 Å². The van der Waals surface area contributed by atoms with Crippen molar-refractivity contribution in [3.63, 3.8) is 0 Å². The summed E-state index contributed by atoms with van der Waals surface area (Å²) in [5.74, 6) is -25.9. The fourth-order valence-electron chi connectivity index (χ4n) is 3.44. The van der Waals surface area contributed by atoms with Gasteiger partial charge in [-0.3, -0.25) is 29.8 Å². The first kappa shape index (κ1) is 22.8. The molecule has 0 saturated heterocycles. The molecule has 2 aromatic rings. The van der Waals surface area contributed by atoms with Crippen LogP contribution in [0.5, 0.6) is 0 Å². The highest BCUT2D eigenvalue weighted by atomic mass is 19.2. The second-order valence-corrected chi connectivity index (χ2v) is 6.76. The molecule has 0 saturated carbocycles. The van der Waals surface area contributed by atoms with Crippen molar-refractivity contribution in [2.24, 2.45) is 0 Å². The van der Waals surface area contributed by atoms with Crippen LogP contribution in [0.2, 0.25) is 0 Å². The van der Waals surface area contributed by atoms with Crippen molar-refractivity contribution in [2.75, 3.05) is 0 Å². The van der Waals surface area contributed by atoms with E-state index in [2.05, 4.69) is 0 Å². The molecular weight excluding hydrogens is 484 g/mol. The molecule has 0 atom stereocenters. The number of benzene rings is 2. The monoisotopic (exact) mass is 488 g/mol. The molecule has 34 heavy (non-hydrogen) atoms. The number of rotatable bonds is 3. The molecular formula is C20H4F8N2O4. The van der Waals surface area contributed by atoms with Crippen LogP contribution in [0.25, 0.3) is 22.3 Å².